The van der Waals surface area contributed by atoms with Crippen LogP contribution in [0.5, 0.6) is 0 Å². The zero-order valence-electron chi connectivity index (χ0n) is 12.9. The fourth-order valence-corrected chi connectivity index (χ4v) is 2.73. The van der Waals surface area contributed by atoms with Gasteiger partial charge < -0.3 is 15.7 Å². The van der Waals surface area contributed by atoms with E-state index in [0.29, 0.717) is 17.0 Å². The van der Waals surface area contributed by atoms with Crippen LogP contribution in [0.4, 0.5) is 10.5 Å². The molecule has 2 atom stereocenters. The van der Waals surface area contributed by atoms with Gasteiger partial charge in [0.1, 0.15) is 0 Å². The van der Waals surface area contributed by atoms with E-state index in [9.17, 15) is 14.1 Å². The Morgan fingerprint density at radius 3 is 2.57 bits per heavy atom. The lowest BCUT2D eigenvalue weighted by atomic mass is 10.1. The molecule has 2 amide bonds. The van der Waals surface area contributed by atoms with Crippen molar-refractivity contribution in [3.05, 3.63) is 60.2 Å². The van der Waals surface area contributed by atoms with Gasteiger partial charge in [-0.2, -0.15) is 0 Å². The highest BCUT2D eigenvalue weighted by Crippen LogP contribution is 2.13. The number of aliphatic hydroxyl groups is 1. The second kappa shape index (κ2) is 8.45. The number of carbonyl (C=O) groups is 1. The highest BCUT2D eigenvalue weighted by atomic mass is 32.2. The second-order valence-corrected chi connectivity index (χ2v) is 6.53. The molecule has 0 saturated carbocycles. The van der Waals surface area contributed by atoms with Crippen LogP contribution >= 0.6 is 0 Å². The number of amides is 2. The number of urea groups is 1. The van der Waals surface area contributed by atoms with E-state index >= 15 is 0 Å². The van der Waals surface area contributed by atoms with Gasteiger partial charge in [0.15, 0.2) is 0 Å². The number of aliphatic hydroxyl groups excluding tert-OH is 1. The molecular weight excluding hydrogens is 312 g/mol. The van der Waals surface area contributed by atoms with Crippen LogP contribution in [0.2, 0.25) is 0 Å². The molecule has 2 rings (SSSR count). The highest BCUT2D eigenvalue weighted by Gasteiger charge is 2.12. The summed E-state index contributed by atoms with van der Waals surface area (Å²) < 4.78 is 11.5. The molecule has 0 radical (unpaired) electrons. The third-order valence-electron chi connectivity index (χ3n) is 3.30. The molecule has 0 fully saturated rings. The van der Waals surface area contributed by atoms with E-state index in [4.69, 9.17) is 0 Å². The van der Waals surface area contributed by atoms with Crippen molar-refractivity contribution in [1.82, 2.24) is 5.32 Å². The van der Waals surface area contributed by atoms with Crippen LogP contribution in [0.1, 0.15) is 5.56 Å². The van der Waals surface area contributed by atoms with Gasteiger partial charge in [-0.1, -0.05) is 36.4 Å². The topological polar surface area (TPSA) is 78.4 Å². The van der Waals surface area contributed by atoms with Crippen molar-refractivity contribution in [2.45, 2.75) is 17.4 Å². The predicted molar refractivity (Wildman–Crippen MR) is 91.9 cm³/mol. The van der Waals surface area contributed by atoms with Crippen LogP contribution < -0.4 is 10.6 Å². The van der Waals surface area contributed by atoms with E-state index in [2.05, 4.69) is 10.6 Å². The Morgan fingerprint density at radius 2 is 1.91 bits per heavy atom. The first kappa shape index (κ1) is 17.2. The zero-order valence-corrected chi connectivity index (χ0v) is 13.7. The molecule has 0 aromatic heterocycles. The molecule has 0 spiro atoms. The molecule has 122 valence electrons. The molecule has 0 heterocycles. The Morgan fingerprint density at radius 1 is 1.17 bits per heavy atom. The standard InChI is InChI=1S/C17H20N2O3S/c1-23(22)16-9-5-8-14(11-16)18-17(21)19-15(12-20)10-13-6-3-2-4-7-13/h2-9,11,15,20H,10,12H2,1H3,(H2,18,19,21)/t15-,23-/m0/s1. The molecule has 5 nitrogen and oxygen atoms in total. The van der Waals surface area contributed by atoms with Gasteiger partial charge in [0.2, 0.25) is 0 Å². The van der Waals surface area contributed by atoms with E-state index in [1.165, 1.54) is 0 Å². The summed E-state index contributed by atoms with van der Waals surface area (Å²) in [5, 5.41) is 14.9. The van der Waals surface area contributed by atoms with Gasteiger partial charge in [0.05, 0.1) is 12.6 Å². The Bertz CT molecular complexity index is 677. The Hall–Kier alpha value is -2.18. The van der Waals surface area contributed by atoms with Crippen molar-refractivity contribution in [2.75, 3.05) is 18.2 Å². The molecule has 0 aliphatic rings. The minimum absolute atomic E-state index is 0.151. The molecule has 3 N–H and O–H groups in total. The molecule has 2 aromatic rings. The summed E-state index contributed by atoms with van der Waals surface area (Å²) in [7, 11) is -1.10. The van der Waals surface area contributed by atoms with Gasteiger partial charge in [-0.05, 0) is 30.2 Å². The van der Waals surface area contributed by atoms with Gasteiger partial charge in [-0.15, -0.1) is 0 Å². The van der Waals surface area contributed by atoms with Crippen molar-refractivity contribution in [2.24, 2.45) is 0 Å². The molecule has 2 aromatic carbocycles. The summed E-state index contributed by atoms with van der Waals surface area (Å²) in [5.41, 5.74) is 1.60. The minimum Gasteiger partial charge on any atom is -0.394 e. The Labute approximate surface area is 138 Å². The maximum atomic E-state index is 12.0. The van der Waals surface area contributed by atoms with E-state index < -0.39 is 16.8 Å². The molecule has 0 saturated heterocycles. The molecule has 6 heteroatoms. The van der Waals surface area contributed by atoms with Crippen molar-refractivity contribution in [1.29, 1.82) is 0 Å². The zero-order chi connectivity index (χ0) is 16.7. The van der Waals surface area contributed by atoms with Crippen LogP contribution in [0.25, 0.3) is 0 Å². The van der Waals surface area contributed by atoms with Crippen LogP contribution in [0, 0.1) is 0 Å². The molecular formula is C17H20N2O3S. The van der Waals surface area contributed by atoms with Gasteiger partial charge >= 0.3 is 6.03 Å². The van der Waals surface area contributed by atoms with E-state index in [-0.39, 0.29) is 12.6 Å². The van der Waals surface area contributed by atoms with E-state index in [1.54, 1.807) is 30.5 Å². The van der Waals surface area contributed by atoms with Gasteiger partial charge in [-0.25, -0.2) is 4.79 Å². The fourth-order valence-electron chi connectivity index (χ4n) is 2.17. The number of carbonyl (C=O) groups excluding carboxylic acids is 1. The smallest absolute Gasteiger partial charge is 0.319 e. The Kier molecular flexibility index (Phi) is 6.31. The predicted octanol–water partition coefficient (Wildman–Crippen LogP) is 2.15. The molecule has 0 unspecified atom stereocenters. The summed E-state index contributed by atoms with van der Waals surface area (Å²) in [6, 6.07) is 15.7. The molecule has 0 aliphatic carbocycles. The highest BCUT2D eigenvalue weighted by molar-refractivity contribution is 7.84. The lowest BCUT2D eigenvalue weighted by molar-refractivity contribution is 0.224. The first-order valence-electron chi connectivity index (χ1n) is 7.24. The average Bonchev–Trinajstić information content (AvgIpc) is 2.55. The van der Waals surface area contributed by atoms with Crippen molar-refractivity contribution >= 4 is 22.5 Å². The largest absolute Gasteiger partial charge is 0.394 e. The third-order valence-corrected chi connectivity index (χ3v) is 4.22. The number of hydrogen-bond donors (Lipinski definition) is 3. The molecule has 0 bridgehead atoms. The quantitative estimate of drug-likeness (QED) is 0.758. The monoisotopic (exact) mass is 332 g/mol. The van der Waals surface area contributed by atoms with Gasteiger partial charge in [0.25, 0.3) is 0 Å². The first-order chi connectivity index (χ1) is 11.1. The van der Waals surface area contributed by atoms with Crippen molar-refractivity contribution in [3.63, 3.8) is 0 Å². The summed E-state index contributed by atoms with van der Waals surface area (Å²) in [6.45, 7) is -0.151. The van der Waals surface area contributed by atoms with E-state index in [0.717, 1.165) is 5.56 Å². The molecule has 23 heavy (non-hydrogen) atoms. The summed E-state index contributed by atoms with van der Waals surface area (Å²) in [5.74, 6) is 0. The number of anilines is 1. The minimum atomic E-state index is -1.10. The Balaban J connectivity index is 1.95. The van der Waals surface area contributed by atoms with Crippen molar-refractivity contribution < 1.29 is 14.1 Å². The third kappa shape index (κ3) is 5.50. The van der Waals surface area contributed by atoms with Crippen LogP contribution in [0.3, 0.4) is 0 Å². The first-order valence-corrected chi connectivity index (χ1v) is 8.80. The maximum absolute atomic E-state index is 12.0. The van der Waals surface area contributed by atoms with Gasteiger partial charge in [-0.3, -0.25) is 4.21 Å². The van der Waals surface area contributed by atoms with E-state index in [1.807, 2.05) is 30.3 Å². The van der Waals surface area contributed by atoms with Gasteiger partial charge in [0, 0.05) is 27.6 Å². The van der Waals surface area contributed by atoms with Crippen LogP contribution in [-0.4, -0.2) is 34.3 Å². The lowest BCUT2D eigenvalue weighted by Gasteiger charge is -2.17. The van der Waals surface area contributed by atoms with Crippen LogP contribution in [-0.2, 0) is 17.2 Å². The number of rotatable bonds is 6. The number of nitrogens with one attached hydrogen (secondary N) is 2. The summed E-state index contributed by atoms with van der Waals surface area (Å²) in [6.07, 6.45) is 2.13. The normalized spacial score (nSPS) is 13.1. The molecule has 0 aliphatic heterocycles. The van der Waals surface area contributed by atoms with Crippen molar-refractivity contribution in [3.8, 4) is 0 Å². The SMILES string of the molecule is C[S@](=O)c1cccc(NC(=O)N[C@H](CO)Cc2ccccc2)c1. The summed E-state index contributed by atoms with van der Waals surface area (Å²) in [4.78, 5) is 12.7. The van der Waals surface area contributed by atoms with Crippen LogP contribution in [0.15, 0.2) is 59.5 Å². The average molecular weight is 332 g/mol. The maximum Gasteiger partial charge on any atom is 0.319 e. The fraction of sp³-hybridized carbons (Fsp3) is 0.235. The second-order valence-electron chi connectivity index (χ2n) is 5.15. The number of hydrogen-bond acceptors (Lipinski definition) is 3. The number of benzene rings is 2. The lowest BCUT2D eigenvalue weighted by Crippen LogP contribution is -2.41. The summed E-state index contributed by atoms with van der Waals surface area (Å²) >= 11 is 0.